The van der Waals surface area contributed by atoms with E-state index in [2.05, 4.69) is 18.3 Å². The van der Waals surface area contributed by atoms with E-state index in [1.54, 1.807) is 11.3 Å². The molecule has 0 aliphatic carbocycles. The van der Waals surface area contributed by atoms with Crippen LogP contribution in [0.25, 0.3) is 0 Å². The van der Waals surface area contributed by atoms with Gasteiger partial charge in [0.1, 0.15) is 6.04 Å². The lowest BCUT2D eigenvalue weighted by Crippen LogP contribution is -2.51. The van der Waals surface area contributed by atoms with Crippen molar-refractivity contribution in [3.05, 3.63) is 21.9 Å². The van der Waals surface area contributed by atoms with Crippen molar-refractivity contribution in [3.8, 4) is 0 Å². The van der Waals surface area contributed by atoms with Gasteiger partial charge in [-0.25, -0.2) is 0 Å². The topological polar surface area (TPSA) is 49.4 Å². The second kappa shape index (κ2) is 5.56. The van der Waals surface area contributed by atoms with Gasteiger partial charge in [0, 0.05) is 17.8 Å². The lowest BCUT2D eigenvalue weighted by molar-refractivity contribution is -0.136. The van der Waals surface area contributed by atoms with E-state index in [4.69, 9.17) is 0 Å². The number of hydrogen-bond donors (Lipinski definition) is 1. The molecule has 1 aliphatic heterocycles. The summed E-state index contributed by atoms with van der Waals surface area (Å²) in [5.74, 6) is -0.0140. The smallest absolute Gasteiger partial charge is 0.246 e. The summed E-state index contributed by atoms with van der Waals surface area (Å²) in [6.45, 7) is 9.10. The van der Waals surface area contributed by atoms with E-state index in [0.717, 1.165) is 0 Å². The number of aryl methyl sites for hydroxylation is 1. The van der Waals surface area contributed by atoms with E-state index < -0.39 is 6.04 Å². The molecular formula is C15H22N2O2S. The first-order valence-corrected chi connectivity index (χ1v) is 7.78. The lowest BCUT2D eigenvalue weighted by Gasteiger charge is -2.32. The van der Waals surface area contributed by atoms with Gasteiger partial charge in [-0.3, -0.25) is 9.59 Å². The predicted molar refractivity (Wildman–Crippen MR) is 80.5 cm³/mol. The van der Waals surface area contributed by atoms with Crippen LogP contribution in [0.4, 0.5) is 0 Å². The Balaban J connectivity index is 2.22. The third-order valence-electron chi connectivity index (χ3n) is 3.64. The molecule has 1 aliphatic rings. The Morgan fingerprint density at radius 1 is 1.40 bits per heavy atom. The van der Waals surface area contributed by atoms with Gasteiger partial charge in [-0.05, 0) is 29.3 Å². The number of nitrogens with one attached hydrogen (secondary N) is 1. The van der Waals surface area contributed by atoms with Crippen molar-refractivity contribution in [2.45, 2.75) is 46.7 Å². The lowest BCUT2D eigenvalue weighted by atomic mass is 9.86. The standard InChI is InChI=1S/C15H22N2O2S/c1-10-6-8-20-11(10)9-17-7-5-12(18)16-13(14(17)19)15(2,3)4/h6,8,13H,5,7,9H2,1-4H3,(H,16,18). The Kier molecular flexibility index (Phi) is 4.18. The summed E-state index contributed by atoms with van der Waals surface area (Å²) in [5.41, 5.74) is 0.929. The molecule has 0 bridgehead atoms. The molecule has 0 saturated carbocycles. The summed E-state index contributed by atoms with van der Waals surface area (Å²) in [4.78, 5) is 27.5. The monoisotopic (exact) mass is 294 g/mol. The maximum atomic E-state index is 12.7. The van der Waals surface area contributed by atoms with Crippen LogP contribution in [-0.4, -0.2) is 29.3 Å². The first-order chi connectivity index (χ1) is 9.29. The maximum absolute atomic E-state index is 12.7. The van der Waals surface area contributed by atoms with Crippen molar-refractivity contribution in [1.82, 2.24) is 10.2 Å². The van der Waals surface area contributed by atoms with Crippen LogP contribution in [0.3, 0.4) is 0 Å². The second-order valence-corrected chi connectivity index (χ2v) is 7.40. The van der Waals surface area contributed by atoms with E-state index in [1.165, 1.54) is 10.4 Å². The highest BCUT2D eigenvalue weighted by atomic mass is 32.1. The van der Waals surface area contributed by atoms with Crippen LogP contribution >= 0.6 is 11.3 Å². The van der Waals surface area contributed by atoms with Crippen molar-refractivity contribution < 1.29 is 9.59 Å². The molecule has 0 radical (unpaired) electrons. The number of hydrogen-bond acceptors (Lipinski definition) is 3. The number of amides is 2. The first kappa shape index (κ1) is 15.0. The third kappa shape index (κ3) is 3.20. The Morgan fingerprint density at radius 2 is 2.10 bits per heavy atom. The highest BCUT2D eigenvalue weighted by Crippen LogP contribution is 2.25. The fourth-order valence-corrected chi connectivity index (χ4v) is 3.23. The molecule has 4 nitrogen and oxygen atoms in total. The van der Waals surface area contributed by atoms with E-state index in [-0.39, 0.29) is 17.2 Å². The molecule has 1 atom stereocenters. The summed E-state index contributed by atoms with van der Waals surface area (Å²) in [7, 11) is 0. The number of carbonyl (C=O) groups excluding carboxylic acids is 2. The molecule has 1 aromatic rings. The average molecular weight is 294 g/mol. The summed E-state index contributed by atoms with van der Waals surface area (Å²) in [6.07, 6.45) is 0.378. The quantitative estimate of drug-likeness (QED) is 0.910. The fourth-order valence-electron chi connectivity index (χ4n) is 2.31. The van der Waals surface area contributed by atoms with Gasteiger partial charge in [0.05, 0.1) is 6.54 Å². The van der Waals surface area contributed by atoms with E-state index >= 15 is 0 Å². The highest BCUT2D eigenvalue weighted by Gasteiger charge is 2.37. The van der Waals surface area contributed by atoms with Crippen LogP contribution < -0.4 is 5.32 Å². The minimum Gasteiger partial charge on any atom is -0.344 e. The van der Waals surface area contributed by atoms with Gasteiger partial charge >= 0.3 is 0 Å². The molecule has 1 fully saturated rings. The summed E-state index contributed by atoms with van der Waals surface area (Å²) in [6, 6.07) is 1.62. The summed E-state index contributed by atoms with van der Waals surface area (Å²) in [5, 5.41) is 4.91. The van der Waals surface area contributed by atoms with Crippen LogP contribution in [-0.2, 0) is 16.1 Å². The van der Waals surface area contributed by atoms with Crippen LogP contribution in [0.1, 0.15) is 37.6 Å². The molecule has 1 saturated heterocycles. The molecule has 110 valence electrons. The molecule has 0 spiro atoms. The van der Waals surface area contributed by atoms with Gasteiger partial charge in [-0.15, -0.1) is 11.3 Å². The second-order valence-electron chi connectivity index (χ2n) is 6.40. The Labute approximate surface area is 124 Å². The Bertz CT molecular complexity index is 516. The van der Waals surface area contributed by atoms with Crippen LogP contribution in [0.5, 0.6) is 0 Å². The zero-order chi connectivity index (χ0) is 14.9. The summed E-state index contributed by atoms with van der Waals surface area (Å²) >= 11 is 1.66. The van der Waals surface area contributed by atoms with Gasteiger partial charge < -0.3 is 10.2 Å². The first-order valence-electron chi connectivity index (χ1n) is 6.90. The zero-order valence-corrected chi connectivity index (χ0v) is 13.3. The number of nitrogens with zero attached hydrogens (tertiary/aromatic N) is 1. The molecule has 20 heavy (non-hydrogen) atoms. The molecule has 0 aromatic carbocycles. The molecule has 1 N–H and O–H groups in total. The number of thiophene rings is 1. The molecule has 2 amide bonds. The van der Waals surface area contributed by atoms with E-state index in [1.807, 2.05) is 31.1 Å². The van der Waals surface area contributed by atoms with Crippen LogP contribution in [0, 0.1) is 12.3 Å². The van der Waals surface area contributed by atoms with Gasteiger partial charge in [0.15, 0.2) is 0 Å². The minimum absolute atomic E-state index is 0.0242. The molecule has 5 heteroatoms. The van der Waals surface area contributed by atoms with Crippen molar-refractivity contribution in [2.75, 3.05) is 6.54 Å². The van der Waals surface area contributed by atoms with Gasteiger partial charge in [0.2, 0.25) is 11.8 Å². The maximum Gasteiger partial charge on any atom is 0.246 e. The number of carbonyl (C=O) groups is 2. The van der Waals surface area contributed by atoms with Crippen molar-refractivity contribution >= 4 is 23.2 Å². The summed E-state index contributed by atoms with van der Waals surface area (Å²) < 4.78 is 0. The SMILES string of the molecule is Cc1ccsc1CN1CCC(=O)NC(C(C)(C)C)C1=O. The predicted octanol–water partition coefficient (Wildman–Crippen LogP) is 2.32. The fraction of sp³-hybridized carbons (Fsp3) is 0.600. The largest absolute Gasteiger partial charge is 0.344 e. The van der Waals surface area contributed by atoms with Gasteiger partial charge in [-0.1, -0.05) is 20.8 Å². The molecular weight excluding hydrogens is 272 g/mol. The normalized spacial score (nSPS) is 20.8. The van der Waals surface area contributed by atoms with Gasteiger partial charge in [-0.2, -0.15) is 0 Å². The van der Waals surface area contributed by atoms with E-state index in [9.17, 15) is 9.59 Å². The zero-order valence-electron chi connectivity index (χ0n) is 12.5. The Hall–Kier alpha value is -1.36. The van der Waals surface area contributed by atoms with Crippen LogP contribution in [0.2, 0.25) is 0 Å². The molecule has 1 aromatic heterocycles. The molecule has 2 heterocycles. The number of rotatable bonds is 2. The van der Waals surface area contributed by atoms with Crippen molar-refractivity contribution in [1.29, 1.82) is 0 Å². The Morgan fingerprint density at radius 3 is 2.65 bits per heavy atom. The third-order valence-corrected chi connectivity index (χ3v) is 4.65. The van der Waals surface area contributed by atoms with Crippen LogP contribution in [0.15, 0.2) is 11.4 Å². The van der Waals surface area contributed by atoms with Gasteiger partial charge in [0.25, 0.3) is 0 Å². The molecule has 2 rings (SSSR count). The average Bonchev–Trinajstić information content (AvgIpc) is 2.68. The minimum atomic E-state index is -0.447. The molecule has 1 unspecified atom stereocenters. The van der Waals surface area contributed by atoms with Crippen molar-refractivity contribution in [3.63, 3.8) is 0 Å². The van der Waals surface area contributed by atoms with Crippen molar-refractivity contribution in [2.24, 2.45) is 5.41 Å². The highest BCUT2D eigenvalue weighted by molar-refractivity contribution is 7.10. The van der Waals surface area contributed by atoms with E-state index in [0.29, 0.717) is 19.5 Å².